The van der Waals surface area contributed by atoms with Gasteiger partial charge in [-0.3, -0.25) is 19.7 Å². The highest BCUT2D eigenvalue weighted by Crippen LogP contribution is 2.28. The molecule has 162 valence electrons. The van der Waals surface area contributed by atoms with Crippen LogP contribution in [0.4, 0.5) is 20.4 Å². The number of halogens is 2. The minimum Gasteiger partial charge on any atom is -0.367 e. The first-order valence-electron chi connectivity index (χ1n) is 9.84. The number of benzene rings is 1. The fraction of sp³-hybridized carbons (Fsp3) is 0.190. The number of hydrogen-bond acceptors (Lipinski definition) is 6. The van der Waals surface area contributed by atoms with Gasteiger partial charge in [-0.05, 0) is 31.1 Å². The van der Waals surface area contributed by atoms with Crippen LogP contribution in [0.25, 0.3) is 11.7 Å². The summed E-state index contributed by atoms with van der Waals surface area (Å²) in [6.45, 7) is 0. The third-order valence-corrected chi connectivity index (χ3v) is 5.07. The number of anilines is 2. The van der Waals surface area contributed by atoms with E-state index in [-0.39, 0.29) is 29.4 Å². The fourth-order valence-corrected chi connectivity index (χ4v) is 3.35. The predicted octanol–water partition coefficient (Wildman–Crippen LogP) is 2.26. The molecule has 32 heavy (non-hydrogen) atoms. The summed E-state index contributed by atoms with van der Waals surface area (Å²) >= 11 is 0. The quantitative estimate of drug-likeness (QED) is 0.416. The Bertz CT molecular complexity index is 1330. The van der Waals surface area contributed by atoms with Crippen molar-refractivity contribution < 1.29 is 23.2 Å². The Balaban J connectivity index is 1.53. The lowest BCUT2D eigenvalue weighted by Crippen LogP contribution is -2.19. The van der Waals surface area contributed by atoms with Crippen molar-refractivity contribution in [3.8, 4) is 0 Å². The van der Waals surface area contributed by atoms with Gasteiger partial charge in [0.1, 0.15) is 23.3 Å². The van der Waals surface area contributed by atoms with Crippen LogP contribution < -0.4 is 16.0 Å². The van der Waals surface area contributed by atoms with Crippen LogP contribution in [0.2, 0.25) is 0 Å². The van der Waals surface area contributed by atoms with Crippen LogP contribution in [0.5, 0.6) is 0 Å². The van der Waals surface area contributed by atoms with E-state index < -0.39 is 29.4 Å². The highest BCUT2D eigenvalue weighted by Gasteiger charge is 2.26. The molecule has 3 aromatic rings. The molecule has 5 rings (SSSR count). The van der Waals surface area contributed by atoms with Crippen LogP contribution in [0.3, 0.4) is 0 Å². The van der Waals surface area contributed by atoms with E-state index in [2.05, 4.69) is 26.0 Å². The number of fused-ring (bicyclic) bond motifs is 1. The second-order valence-electron chi connectivity index (χ2n) is 7.58. The number of nitrogens with one attached hydrogen (secondary N) is 3. The van der Waals surface area contributed by atoms with Crippen LogP contribution >= 0.6 is 0 Å². The lowest BCUT2D eigenvalue weighted by atomic mass is 10.1. The normalized spacial score (nSPS) is 17.1. The van der Waals surface area contributed by atoms with Gasteiger partial charge in [-0.1, -0.05) is 0 Å². The van der Waals surface area contributed by atoms with Gasteiger partial charge < -0.3 is 10.6 Å². The fourth-order valence-electron chi connectivity index (χ4n) is 3.35. The van der Waals surface area contributed by atoms with E-state index in [1.54, 1.807) is 6.07 Å². The Morgan fingerprint density at radius 3 is 2.72 bits per heavy atom. The van der Waals surface area contributed by atoms with Gasteiger partial charge in [0.05, 0.1) is 18.2 Å². The number of carbonyl (C=O) groups excluding carboxylic acids is 3. The van der Waals surface area contributed by atoms with Gasteiger partial charge in [-0.25, -0.2) is 13.8 Å². The highest BCUT2D eigenvalue weighted by molar-refractivity contribution is 6.15. The van der Waals surface area contributed by atoms with Crippen molar-refractivity contribution in [2.45, 2.75) is 25.3 Å². The summed E-state index contributed by atoms with van der Waals surface area (Å²) in [6, 6.07) is 4.47. The molecular weight excluding hydrogens is 422 g/mol. The molecule has 9 nitrogen and oxygen atoms in total. The second kappa shape index (κ2) is 7.52. The van der Waals surface area contributed by atoms with E-state index in [1.807, 2.05) is 0 Å². The lowest BCUT2D eigenvalue weighted by Gasteiger charge is -2.11. The van der Waals surface area contributed by atoms with Gasteiger partial charge in [0, 0.05) is 29.3 Å². The van der Waals surface area contributed by atoms with Crippen molar-refractivity contribution in [2.24, 2.45) is 0 Å². The third-order valence-electron chi connectivity index (χ3n) is 5.07. The number of rotatable bonds is 5. The van der Waals surface area contributed by atoms with E-state index in [4.69, 9.17) is 0 Å². The molecule has 2 fully saturated rings. The average Bonchev–Trinajstić information content (AvgIpc) is 3.36. The smallest absolute Gasteiger partial charge is 0.259 e. The minimum atomic E-state index is -0.994. The van der Waals surface area contributed by atoms with Gasteiger partial charge >= 0.3 is 0 Å². The summed E-state index contributed by atoms with van der Waals surface area (Å²) in [5.41, 5.74) is 0.728. The molecule has 1 aliphatic carbocycles. The molecule has 2 aromatic heterocycles. The molecule has 0 unspecified atom stereocenters. The number of amides is 3. The maximum Gasteiger partial charge on any atom is 0.259 e. The maximum absolute atomic E-state index is 14.0. The van der Waals surface area contributed by atoms with Gasteiger partial charge in [-0.15, -0.1) is 0 Å². The summed E-state index contributed by atoms with van der Waals surface area (Å²) < 4.78 is 28.7. The summed E-state index contributed by atoms with van der Waals surface area (Å²) in [6.07, 6.45) is 4.92. The monoisotopic (exact) mass is 438 g/mol. The third kappa shape index (κ3) is 3.80. The van der Waals surface area contributed by atoms with E-state index in [1.165, 1.54) is 16.8 Å². The van der Waals surface area contributed by atoms with Crippen LogP contribution in [-0.4, -0.2) is 38.4 Å². The first-order chi connectivity index (χ1) is 15.4. The zero-order chi connectivity index (χ0) is 22.4. The molecule has 3 amide bonds. The summed E-state index contributed by atoms with van der Waals surface area (Å²) in [7, 11) is 0. The Morgan fingerprint density at radius 2 is 2.03 bits per heavy atom. The Labute approximate surface area is 179 Å². The molecule has 3 heterocycles. The largest absolute Gasteiger partial charge is 0.367 e. The van der Waals surface area contributed by atoms with Gasteiger partial charge in [0.2, 0.25) is 5.91 Å². The van der Waals surface area contributed by atoms with Crippen molar-refractivity contribution in [2.75, 3.05) is 10.6 Å². The number of imide groups is 1. The van der Waals surface area contributed by atoms with Crippen molar-refractivity contribution in [1.82, 2.24) is 19.9 Å². The van der Waals surface area contributed by atoms with E-state index >= 15 is 0 Å². The molecule has 0 bridgehead atoms. The van der Waals surface area contributed by atoms with Gasteiger partial charge in [0.15, 0.2) is 5.65 Å². The van der Waals surface area contributed by atoms with Crippen molar-refractivity contribution in [1.29, 1.82) is 0 Å². The summed E-state index contributed by atoms with van der Waals surface area (Å²) in [4.78, 5) is 40.3. The summed E-state index contributed by atoms with van der Waals surface area (Å²) in [5, 5.41) is 12.3. The first-order valence-corrected chi connectivity index (χ1v) is 9.84. The van der Waals surface area contributed by atoms with Crippen LogP contribution in [0.1, 0.15) is 35.2 Å². The molecule has 0 spiro atoms. The number of aromatic nitrogens is 3. The average molecular weight is 438 g/mol. The molecule has 11 heteroatoms. The zero-order valence-electron chi connectivity index (χ0n) is 16.5. The zero-order valence-corrected chi connectivity index (χ0v) is 16.5. The molecule has 3 N–H and O–H groups in total. The molecule has 1 aliphatic heterocycles. The van der Waals surface area contributed by atoms with E-state index in [0.717, 1.165) is 25.0 Å². The minimum absolute atomic E-state index is 0.0520. The van der Waals surface area contributed by atoms with Crippen molar-refractivity contribution in [3.63, 3.8) is 0 Å². The van der Waals surface area contributed by atoms with Gasteiger partial charge in [0.25, 0.3) is 11.8 Å². The van der Waals surface area contributed by atoms with Crippen LogP contribution in [0.15, 0.2) is 36.0 Å². The maximum atomic E-state index is 14.0. The van der Waals surface area contributed by atoms with Crippen molar-refractivity contribution in [3.05, 3.63) is 58.8 Å². The molecule has 0 atom stereocenters. The number of hydrogen-bond donors (Lipinski definition) is 3. The molecule has 2 aliphatic rings. The lowest BCUT2D eigenvalue weighted by molar-refractivity contribution is -0.124. The molecular formula is C21H16F2N6O3. The van der Waals surface area contributed by atoms with E-state index in [9.17, 15) is 23.2 Å². The Kier molecular flexibility index (Phi) is 4.65. The molecule has 1 saturated heterocycles. The predicted molar refractivity (Wildman–Crippen MR) is 110 cm³/mol. The molecule has 1 aromatic carbocycles. The standard InChI is InChI=1S/C21H16F2N6O3/c22-12-1-4-14(15(23)7-12)21(32)27-16-8-17(25-13-2-3-13)29-19(26-16)11(9-24-29)5-10-6-18(30)28-20(10)31/h1,4-5,7-9,13,25H,2-3,6H2,(H,26,27,32)(H,28,30,31)/b10-5+. The topological polar surface area (TPSA) is 117 Å². The number of carbonyl (C=O) groups is 3. The van der Waals surface area contributed by atoms with Gasteiger partial charge in [-0.2, -0.15) is 9.61 Å². The Morgan fingerprint density at radius 1 is 1.22 bits per heavy atom. The number of nitrogens with zero attached hydrogens (tertiary/aromatic N) is 3. The molecule has 0 radical (unpaired) electrons. The Hall–Kier alpha value is -4.15. The SMILES string of the molecule is O=C1C/C(=C\c2cnn3c(NC4CC4)cc(NC(=O)c4ccc(F)cc4F)nc23)C(=O)N1. The van der Waals surface area contributed by atoms with Crippen LogP contribution in [-0.2, 0) is 9.59 Å². The first kappa shape index (κ1) is 19.8. The van der Waals surface area contributed by atoms with Crippen LogP contribution in [0, 0.1) is 11.6 Å². The van der Waals surface area contributed by atoms with Crippen molar-refractivity contribution >= 4 is 41.1 Å². The molecule has 1 saturated carbocycles. The highest BCUT2D eigenvalue weighted by atomic mass is 19.1. The second-order valence-corrected chi connectivity index (χ2v) is 7.58. The van der Waals surface area contributed by atoms with E-state index in [0.29, 0.717) is 23.1 Å². The summed E-state index contributed by atoms with van der Waals surface area (Å²) in [5.74, 6) is -2.80.